The lowest BCUT2D eigenvalue weighted by Gasteiger charge is -2.02. The predicted octanol–water partition coefficient (Wildman–Crippen LogP) is 2.70. The quantitative estimate of drug-likeness (QED) is 0.791. The third-order valence-electron chi connectivity index (χ3n) is 1.70. The molecule has 0 fully saturated rings. The van der Waals surface area contributed by atoms with Crippen molar-refractivity contribution in [2.45, 2.75) is 6.42 Å². The monoisotopic (exact) mass is 230 g/mol. The number of benzene rings is 1. The Morgan fingerprint density at radius 2 is 2.14 bits per heavy atom. The highest BCUT2D eigenvalue weighted by atomic mass is 35.5. The molecule has 0 saturated carbocycles. The van der Waals surface area contributed by atoms with Gasteiger partial charge in [0, 0.05) is 5.02 Å². The van der Waals surface area contributed by atoms with Crippen LogP contribution in [0.2, 0.25) is 5.02 Å². The number of halogens is 1. The van der Waals surface area contributed by atoms with E-state index in [1.807, 2.05) is 24.3 Å². The van der Waals surface area contributed by atoms with Crippen LogP contribution in [0.1, 0.15) is 5.56 Å². The fourth-order valence-corrected chi connectivity index (χ4v) is 1.96. The molecule has 0 aliphatic carbocycles. The maximum absolute atomic E-state index is 10.2. The third kappa shape index (κ3) is 4.03. The fourth-order valence-electron chi connectivity index (χ4n) is 1.04. The van der Waals surface area contributed by atoms with E-state index in [9.17, 15) is 4.79 Å². The zero-order valence-electron chi connectivity index (χ0n) is 7.57. The number of aryl methyl sites for hydroxylation is 1. The van der Waals surface area contributed by atoms with E-state index in [0.29, 0.717) is 0 Å². The lowest BCUT2D eigenvalue weighted by Crippen LogP contribution is -2.00. The summed E-state index contributed by atoms with van der Waals surface area (Å²) in [5.74, 6) is 0.176. The van der Waals surface area contributed by atoms with Crippen LogP contribution in [0.25, 0.3) is 0 Å². The van der Waals surface area contributed by atoms with Crippen molar-refractivity contribution in [2.75, 3.05) is 11.5 Å². The summed E-state index contributed by atoms with van der Waals surface area (Å²) in [7, 11) is 0. The van der Waals surface area contributed by atoms with Crippen molar-refractivity contribution in [3.63, 3.8) is 0 Å². The van der Waals surface area contributed by atoms with Gasteiger partial charge in [-0.2, -0.15) is 0 Å². The van der Waals surface area contributed by atoms with Gasteiger partial charge in [0.15, 0.2) is 0 Å². The molecule has 0 amide bonds. The number of carbonyl (C=O) groups is 1. The predicted molar refractivity (Wildman–Crippen MR) is 60.1 cm³/mol. The standard InChI is InChI=1S/C10H11ClO2S/c11-9-4-2-1-3-8(9)5-6-14-7-10(12)13/h1-4H,5-7H2,(H,12,13). The van der Waals surface area contributed by atoms with Gasteiger partial charge in [-0.3, -0.25) is 4.79 Å². The minimum absolute atomic E-state index is 0.157. The number of aliphatic carboxylic acids is 1. The van der Waals surface area contributed by atoms with Crippen LogP contribution in [0, 0.1) is 0 Å². The van der Waals surface area contributed by atoms with Gasteiger partial charge >= 0.3 is 5.97 Å². The number of carboxylic acid groups (broad SMARTS) is 1. The fraction of sp³-hybridized carbons (Fsp3) is 0.300. The second-order valence-corrected chi connectivity index (χ2v) is 4.30. The van der Waals surface area contributed by atoms with Crippen molar-refractivity contribution in [1.29, 1.82) is 0 Å². The zero-order valence-corrected chi connectivity index (χ0v) is 9.14. The Hall–Kier alpha value is -0.670. The number of carboxylic acids is 1. The first-order valence-corrected chi connectivity index (χ1v) is 5.76. The van der Waals surface area contributed by atoms with Crippen molar-refractivity contribution >= 4 is 29.3 Å². The largest absolute Gasteiger partial charge is 0.481 e. The number of hydrogen-bond acceptors (Lipinski definition) is 2. The molecular formula is C10H11ClO2S. The van der Waals surface area contributed by atoms with Crippen molar-refractivity contribution in [2.24, 2.45) is 0 Å². The molecule has 0 heterocycles. The van der Waals surface area contributed by atoms with E-state index in [1.54, 1.807) is 0 Å². The molecule has 0 atom stereocenters. The van der Waals surface area contributed by atoms with Crippen molar-refractivity contribution in [3.05, 3.63) is 34.9 Å². The Morgan fingerprint density at radius 3 is 2.79 bits per heavy atom. The molecule has 1 rings (SSSR count). The summed E-state index contributed by atoms with van der Waals surface area (Å²) in [6.45, 7) is 0. The van der Waals surface area contributed by atoms with Gasteiger partial charge in [0.05, 0.1) is 5.75 Å². The second kappa shape index (κ2) is 5.94. The average molecular weight is 231 g/mol. The molecular weight excluding hydrogens is 220 g/mol. The molecule has 0 saturated heterocycles. The van der Waals surface area contributed by atoms with Crippen LogP contribution < -0.4 is 0 Å². The lowest BCUT2D eigenvalue weighted by molar-refractivity contribution is -0.133. The topological polar surface area (TPSA) is 37.3 Å². The van der Waals surface area contributed by atoms with Crippen LogP contribution >= 0.6 is 23.4 Å². The summed E-state index contributed by atoms with van der Waals surface area (Å²) in [6.07, 6.45) is 0.817. The highest BCUT2D eigenvalue weighted by molar-refractivity contribution is 7.99. The minimum atomic E-state index is -0.769. The maximum Gasteiger partial charge on any atom is 0.313 e. The number of thioether (sulfide) groups is 1. The van der Waals surface area contributed by atoms with Gasteiger partial charge in [-0.25, -0.2) is 0 Å². The van der Waals surface area contributed by atoms with Gasteiger partial charge in [0.1, 0.15) is 0 Å². The molecule has 0 aromatic heterocycles. The van der Waals surface area contributed by atoms with Gasteiger partial charge in [0.25, 0.3) is 0 Å². The van der Waals surface area contributed by atoms with Crippen molar-refractivity contribution in [3.8, 4) is 0 Å². The SMILES string of the molecule is O=C(O)CSCCc1ccccc1Cl. The first-order chi connectivity index (χ1) is 6.70. The van der Waals surface area contributed by atoms with Crippen LogP contribution in [0.15, 0.2) is 24.3 Å². The Morgan fingerprint density at radius 1 is 1.43 bits per heavy atom. The normalized spacial score (nSPS) is 10.1. The molecule has 4 heteroatoms. The van der Waals surface area contributed by atoms with Crippen LogP contribution in [0.3, 0.4) is 0 Å². The van der Waals surface area contributed by atoms with Crippen molar-refractivity contribution < 1.29 is 9.90 Å². The smallest absolute Gasteiger partial charge is 0.313 e. The molecule has 0 bridgehead atoms. The van der Waals surface area contributed by atoms with E-state index in [1.165, 1.54) is 11.8 Å². The minimum Gasteiger partial charge on any atom is -0.481 e. The lowest BCUT2D eigenvalue weighted by atomic mass is 10.2. The summed E-state index contributed by atoms with van der Waals surface area (Å²) in [5.41, 5.74) is 1.08. The molecule has 0 unspecified atom stereocenters. The zero-order chi connectivity index (χ0) is 10.4. The summed E-state index contributed by atoms with van der Waals surface area (Å²) < 4.78 is 0. The van der Waals surface area contributed by atoms with E-state index in [4.69, 9.17) is 16.7 Å². The summed E-state index contributed by atoms with van der Waals surface area (Å²) in [4.78, 5) is 10.2. The highest BCUT2D eigenvalue weighted by Crippen LogP contribution is 2.17. The molecule has 1 aromatic rings. The first-order valence-electron chi connectivity index (χ1n) is 4.23. The molecule has 0 aliphatic rings. The van der Waals surface area contributed by atoms with Gasteiger partial charge in [-0.1, -0.05) is 29.8 Å². The highest BCUT2D eigenvalue weighted by Gasteiger charge is 2.00. The van der Waals surface area contributed by atoms with E-state index in [0.717, 1.165) is 22.8 Å². The average Bonchev–Trinajstić information content (AvgIpc) is 2.15. The summed E-state index contributed by atoms with van der Waals surface area (Å²) in [6, 6.07) is 7.63. The Labute approximate surface area is 92.3 Å². The molecule has 0 spiro atoms. The van der Waals surface area contributed by atoms with Crippen LogP contribution in [-0.4, -0.2) is 22.6 Å². The molecule has 14 heavy (non-hydrogen) atoms. The summed E-state index contributed by atoms with van der Waals surface area (Å²) >= 11 is 7.35. The molecule has 0 aliphatic heterocycles. The molecule has 76 valence electrons. The third-order valence-corrected chi connectivity index (χ3v) is 3.01. The van der Waals surface area contributed by atoms with E-state index in [2.05, 4.69) is 0 Å². The van der Waals surface area contributed by atoms with E-state index >= 15 is 0 Å². The maximum atomic E-state index is 10.2. The first kappa shape index (κ1) is 11.4. The van der Waals surface area contributed by atoms with Crippen LogP contribution in [0.4, 0.5) is 0 Å². The Balaban J connectivity index is 2.31. The molecule has 1 aromatic carbocycles. The van der Waals surface area contributed by atoms with Gasteiger partial charge < -0.3 is 5.11 Å². The molecule has 0 radical (unpaired) electrons. The van der Waals surface area contributed by atoms with Gasteiger partial charge in [-0.15, -0.1) is 11.8 Å². The summed E-state index contributed by atoms with van der Waals surface area (Å²) in [5, 5.41) is 9.17. The van der Waals surface area contributed by atoms with Gasteiger partial charge in [0.2, 0.25) is 0 Å². The molecule has 2 nitrogen and oxygen atoms in total. The van der Waals surface area contributed by atoms with Crippen LogP contribution in [0.5, 0.6) is 0 Å². The Kier molecular flexibility index (Phi) is 4.84. The molecule has 1 N–H and O–H groups in total. The number of rotatable bonds is 5. The second-order valence-electron chi connectivity index (χ2n) is 2.79. The van der Waals surface area contributed by atoms with E-state index in [-0.39, 0.29) is 5.75 Å². The van der Waals surface area contributed by atoms with Crippen LogP contribution in [-0.2, 0) is 11.2 Å². The van der Waals surface area contributed by atoms with Crippen molar-refractivity contribution in [1.82, 2.24) is 0 Å². The van der Waals surface area contributed by atoms with Gasteiger partial charge in [-0.05, 0) is 23.8 Å². The van der Waals surface area contributed by atoms with E-state index < -0.39 is 5.97 Å². The number of hydrogen-bond donors (Lipinski definition) is 1. The Bertz CT molecular complexity index is 315.